The quantitative estimate of drug-likeness (QED) is 0.150. The van der Waals surface area contributed by atoms with E-state index in [0.29, 0.717) is 5.56 Å². The molecule has 0 aliphatic carbocycles. The third-order valence-corrected chi connectivity index (χ3v) is 5.48. The van der Waals surface area contributed by atoms with Crippen LogP contribution in [0.2, 0.25) is 0 Å². The number of carbonyl (C=O) groups excluding carboxylic acids is 3. The van der Waals surface area contributed by atoms with E-state index in [1.807, 2.05) is 0 Å². The summed E-state index contributed by atoms with van der Waals surface area (Å²) in [6.45, 7) is 1.25. The number of aromatic nitrogens is 1. The van der Waals surface area contributed by atoms with Gasteiger partial charge in [-0.25, -0.2) is 4.79 Å². The molecule has 0 radical (unpaired) electrons. The average Bonchev–Trinajstić information content (AvgIpc) is 3.23. The second-order valence-corrected chi connectivity index (χ2v) is 8.39. The van der Waals surface area contributed by atoms with E-state index >= 15 is 0 Å². The Hall–Kier alpha value is -4.46. The van der Waals surface area contributed by atoms with E-state index in [1.54, 1.807) is 30.5 Å². The summed E-state index contributed by atoms with van der Waals surface area (Å²) in [6.07, 6.45) is -0.000386. The van der Waals surface area contributed by atoms with Crippen molar-refractivity contribution >= 4 is 46.5 Å². The number of hydrogen-bond acceptors (Lipinski definition) is 7. The Morgan fingerprint density at radius 2 is 1.54 bits per heavy atom. The molecular weight excluding hydrogens is 490 g/mol. The van der Waals surface area contributed by atoms with Crippen LogP contribution in [0.15, 0.2) is 30.5 Å². The Morgan fingerprint density at radius 3 is 2.16 bits per heavy atom. The predicted octanol–water partition coefficient (Wildman–Crippen LogP) is -1.06. The van der Waals surface area contributed by atoms with Crippen molar-refractivity contribution < 1.29 is 44.1 Å². The number of nitrogens with two attached hydrogens (primary N) is 1. The fourth-order valence-corrected chi connectivity index (χ4v) is 3.49. The molecule has 2 rings (SSSR count). The molecule has 0 fully saturated rings. The Labute approximate surface area is 210 Å². The normalized spacial score (nSPS) is 14.1. The molecular formula is C23H29N5O9. The topological polar surface area (TPSA) is 241 Å². The maximum absolute atomic E-state index is 12.9. The van der Waals surface area contributed by atoms with E-state index in [2.05, 4.69) is 20.9 Å². The lowest BCUT2D eigenvalue weighted by atomic mass is 10.0. The number of nitrogens with one attached hydrogen (secondary N) is 4. The van der Waals surface area contributed by atoms with Gasteiger partial charge in [0.2, 0.25) is 17.7 Å². The van der Waals surface area contributed by atoms with Crippen molar-refractivity contribution in [3.63, 3.8) is 0 Å². The summed E-state index contributed by atoms with van der Waals surface area (Å²) in [5.74, 6) is -6.63. The van der Waals surface area contributed by atoms with Gasteiger partial charge < -0.3 is 42.0 Å². The van der Waals surface area contributed by atoms with Crippen LogP contribution in [-0.2, 0) is 35.2 Å². The highest BCUT2D eigenvalue weighted by molar-refractivity contribution is 5.95. The number of aliphatic carboxylic acids is 3. The van der Waals surface area contributed by atoms with Crippen LogP contribution in [0.25, 0.3) is 10.9 Å². The smallest absolute Gasteiger partial charge is 0.326 e. The van der Waals surface area contributed by atoms with Crippen LogP contribution in [0.5, 0.6) is 0 Å². The average molecular weight is 520 g/mol. The van der Waals surface area contributed by atoms with E-state index in [1.165, 1.54) is 6.92 Å². The number of benzene rings is 1. The monoisotopic (exact) mass is 519 g/mol. The number of para-hydroxylation sites is 1. The molecule has 4 unspecified atom stereocenters. The summed E-state index contributed by atoms with van der Waals surface area (Å²) in [5.41, 5.74) is 6.86. The van der Waals surface area contributed by atoms with Gasteiger partial charge in [0.25, 0.3) is 0 Å². The molecule has 0 saturated heterocycles. The zero-order chi connectivity index (χ0) is 27.7. The van der Waals surface area contributed by atoms with Crippen molar-refractivity contribution in [2.24, 2.45) is 5.73 Å². The molecule has 1 heterocycles. The van der Waals surface area contributed by atoms with Crippen molar-refractivity contribution in [2.45, 2.75) is 56.8 Å². The van der Waals surface area contributed by atoms with E-state index < -0.39 is 72.6 Å². The van der Waals surface area contributed by atoms with Gasteiger partial charge in [0.1, 0.15) is 18.1 Å². The van der Waals surface area contributed by atoms with Crippen LogP contribution in [-0.4, -0.2) is 80.1 Å². The molecule has 200 valence electrons. The van der Waals surface area contributed by atoms with Crippen molar-refractivity contribution in [3.05, 3.63) is 36.0 Å². The predicted molar refractivity (Wildman–Crippen MR) is 128 cm³/mol. The van der Waals surface area contributed by atoms with Crippen LogP contribution in [0.4, 0.5) is 0 Å². The number of carboxylic acid groups (broad SMARTS) is 3. The summed E-state index contributed by atoms with van der Waals surface area (Å²) in [4.78, 5) is 74.1. The second kappa shape index (κ2) is 13.0. The lowest BCUT2D eigenvalue weighted by Gasteiger charge is -2.23. The summed E-state index contributed by atoms with van der Waals surface area (Å²) in [5, 5.41) is 35.0. The number of carbonyl (C=O) groups is 6. The van der Waals surface area contributed by atoms with Crippen molar-refractivity contribution in [1.29, 1.82) is 0 Å². The van der Waals surface area contributed by atoms with E-state index in [9.17, 15) is 33.9 Å². The Balaban J connectivity index is 2.10. The number of aromatic amines is 1. The SMILES string of the molecule is CC(NC(=O)C(N)CC(=O)O)C(=O)NC(CCC(=O)O)C(=O)NC(Cc1c[nH]c2ccccc12)C(=O)O. The van der Waals surface area contributed by atoms with Crippen LogP contribution in [0, 0.1) is 0 Å². The van der Waals surface area contributed by atoms with Gasteiger partial charge in [0, 0.05) is 29.9 Å². The summed E-state index contributed by atoms with van der Waals surface area (Å²) in [7, 11) is 0. The minimum atomic E-state index is -1.43. The van der Waals surface area contributed by atoms with Gasteiger partial charge in [-0.2, -0.15) is 0 Å². The Morgan fingerprint density at radius 1 is 0.892 bits per heavy atom. The minimum Gasteiger partial charge on any atom is -0.481 e. The zero-order valence-corrected chi connectivity index (χ0v) is 19.9. The molecule has 1 aromatic heterocycles. The second-order valence-electron chi connectivity index (χ2n) is 8.39. The first kappa shape index (κ1) is 28.8. The van der Waals surface area contributed by atoms with Crippen LogP contribution >= 0.6 is 0 Å². The summed E-state index contributed by atoms with van der Waals surface area (Å²) in [6, 6.07) is 1.68. The van der Waals surface area contributed by atoms with Gasteiger partial charge in [-0.05, 0) is 25.0 Å². The minimum absolute atomic E-state index is 0.0847. The third-order valence-electron chi connectivity index (χ3n) is 5.48. The molecule has 0 spiro atoms. The Bertz CT molecular complexity index is 1180. The highest BCUT2D eigenvalue weighted by Crippen LogP contribution is 2.19. The van der Waals surface area contributed by atoms with Crippen molar-refractivity contribution in [3.8, 4) is 0 Å². The molecule has 2 aromatic rings. The summed E-state index contributed by atoms with van der Waals surface area (Å²) >= 11 is 0. The third kappa shape index (κ3) is 8.61. The molecule has 0 aliphatic heterocycles. The van der Waals surface area contributed by atoms with Gasteiger partial charge in [0.05, 0.1) is 12.5 Å². The fraction of sp³-hybridized carbons (Fsp3) is 0.391. The maximum Gasteiger partial charge on any atom is 0.326 e. The van der Waals surface area contributed by atoms with E-state index in [0.717, 1.165) is 10.9 Å². The van der Waals surface area contributed by atoms with Gasteiger partial charge in [-0.15, -0.1) is 0 Å². The number of rotatable bonds is 14. The van der Waals surface area contributed by atoms with Crippen LogP contribution in [0.1, 0.15) is 31.7 Å². The molecule has 1 aromatic carbocycles. The fourth-order valence-electron chi connectivity index (χ4n) is 3.49. The first-order valence-electron chi connectivity index (χ1n) is 11.3. The van der Waals surface area contributed by atoms with Crippen molar-refractivity contribution in [1.82, 2.24) is 20.9 Å². The van der Waals surface area contributed by atoms with Gasteiger partial charge in [-0.1, -0.05) is 18.2 Å². The number of H-pyrrole nitrogens is 1. The van der Waals surface area contributed by atoms with Gasteiger partial charge in [0.15, 0.2) is 0 Å². The van der Waals surface area contributed by atoms with Crippen molar-refractivity contribution in [2.75, 3.05) is 0 Å². The molecule has 14 heteroatoms. The molecule has 3 amide bonds. The largest absolute Gasteiger partial charge is 0.481 e. The number of fused-ring (bicyclic) bond motifs is 1. The Kier molecular flexibility index (Phi) is 10.1. The number of amides is 3. The van der Waals surface area contributed by atoms with Gasteiger partial charge >= 0.3 is 17.9 Å². The van der Waals surface area contributed by atoms with E-state index in [4.69, 9.17) is 15.9 Å². The molecule has 4 atom stereocenters. The molecule has 14 nitrogen and oxygen atoms in total. The standard InChI is InChI=1S/C23H29N5O9/c1-11(26-21(34)14(24)9-19(31)32)20(33)27-16(6-7-18(29)30)22(35)28-17(23(36)37)8-12-10-25-15-5-3-2-4-13(12)15/h2-5,10-11,14,16-17,25H,6-9,24H2,1H3,(H,26,34)(H,27,33)(H,28,35)(H,29,30)(H,31,32)(H,36,37). The highest BCUT2D eigenvalue weighted by atomic mass is 16.4. The lowest BCUT2D eigenvalue weighted by molar-refractivity contribution is -0.143. The highest BCUT2D eigenvalue weighted by Gasteiger charge is 2.30. The zero-order valence-electron chi connectivity index (χ0n) is 19.9. The number of hydrogen-bond donors (Lipinski definition) is 8. The van der Waals surface area contributed by atoms with E-state index in [-0.39, 0.29) is 12.8 Å². The first-order valence-corrected chi connectivity index (χ1v) is 11.3. The summed E-state index contributed by atoms with van der Waals surface area (Å²) < 4.78 is 0. The first-order chi connectivity index (χ1) is 17.4. The molecule has 0 aliphatic rings. The molecule has 0 bridgehead atoms. The molecule has 0 saturated carbocycles. The molecule has 9 N–H and O–H groups in total. The van der Waals surface area contributed by atoms with Crippen LogP contribution < -0.4 is 21.7 Å². The number of carboxylic acids is 3. The lowest BCUT2D eigenvalue weighted by Crippen LogP contribution is -2.56. The van der Waals surface area contributed by atoms with Gasteiger partial charge in [-0.3, -0.25) is 24.0 Å². The van der Waals surface area contributed by atoms with Crippen LogP contribution in [0.3, 0.4) is 0 Å². The molecule has 37 heavy (non-hydrogen) atoms. The maximum atomic E-state index is 12.9.